The quantitative estimate of drug-likeness (QED) is 0.248. The summed E-state index contributed by atoms with van der Waals surface area (Å²) in [4.78, 5) is 0. The van der Waals surface area contributed by atoms with E-state index in [0.29, 0.717) is 5.92 Å². The fourth-order valence-electron chi connectivity index (χ4n) is 6.07. The van der Waals surface area contributed by atoms with E-state index in [-0.39, 0.29) is 0 Å². The normalized spacial score (nSPS) is 15.2. The van der Waals surface area contributed by atoms with Crippen LogP contribution in [0, 0.1) is 12.8 Å². The fourth-order valence-corrected chi connectivity index (χ4v) is 6.07. The van der Waals surface area contributed by atoms with Crippen LogP contribution >= 0.6 is 0 Å². The van der Waals surface area contributed by atoms with Crippen molar-refractivity contribution in [2.75, 3.05) is 0 Å². The van der Waals surface area contributed by atoms with Gasteiger partial charge in [-0.05, 0) is 84.8 Å². The van der Waals surface area contributed by atoms with Crippen molar-refractivity contribution in [1.29, 1.82) is 0 Å². The zero-order valence-corrected chi connectivity index (χ0v) is 20.0. The molecule has 0 nitrogen and oxygen atoms in total. The van der Waals surface area contributed by atoms with Crippen LogP contribution in [-0.4, -0.2) is 0 Å². The Kier molecular flexibility index (Phi) is 4.44. The van der Waals surface area contributed by atoms with Crippen molar-refractivity contribution in [3.05, 3.63) is 120 Å². The Labute approximate surface area is 206 Å². The molecule has 0 aromatic heterocycles. The van der Waals surface area contributed by atoms with Crippen LogP contribution in [0.15, 0.2) is 103 Å². The number of allylic oxidation sites excluding steroid dienone is 2. The second-order valence-corrected chi connectivity index (χ2v) is 9.78. The van der Waals surface area contributed by atoms with Crippen LogP contribution in [0.3, 0.4) is 0 Å². The number of hydrogen-bond acceptors (Lipinski definition) is 0. The lowest BCUT2D eigenvalue weighted by Gasteiger charge is -2.20. The van der Waals surface area contributed by atoms with Crippen molar-refractivity contribution >= 4 is 22.9 Å². The van der Waals surface area contributed by atoms with Gasteiger partial charge in [0, 0.05) is 0 Å². The third kappa shape index (κ3) is 2.93. The van der Waals surface area contributed by atoms with Crippen molar-refractivity contribution in [2.24, 2.45) is 5.92 Å². The minimum absolute atomic E-state index is 0.421. The summed E-state index contributed by atoms with van der Waals surface area (Å²) in [7, 11) is 0. The highest BCUT2D eigenvalue weighted by Gasteiger charge is 2.30. The zero-order chi connectivity index (χ0) is 23.5. The molecule has 0 heteroatoms. The van der Waals surface area contributed by atoms with Gasteiger partial charge in [-0.2, -0.15) is 0 Å². The molecule has 35 heavy (non-hydrogen) atoms. The van der Waals surface area contributed by atoms with Gasteiger partial charge in [-0.25, -0.2) is 0 Å². The topological polar surface area (TPSA) is 0 Å². The Balaban J connectivity index is 1.64. The van der Waals surface area contributed by atoms with Gasteiger partial charge in [0.1, 0.15) is 0 Å². The van der Waals surface area contributed by atoms with Crippen molar-refractivity contribution < 1.29 is 0 Å². The van der Waals surface area contributed by atoms with Crippen LogP contribution in [0.5, 0.6) is 0 Å². The lowest BCUT2D eigenvalue weighted by atomic mass is 9.83. The molecule has 0 saturated heterocycles. The van der Waals surface area contributed by atoms with Crippen molar-refractivity contribution in [2.45, 2.75) is 13.8 Å². The molecule has 0 heterocycles. The van der Waals surface area contributed by atoms with E-state index in [9.17, 15) is 0 Å². The Bertz CT molecular complexity index is 1680. The minimum Gasteiger partial charge on any atom is -0.0773 e. The molecule has 0 N–H and O–H groups in total. The standard InChI is InChI=1S/C35H26/c1-22-16-18-26-23(2)32-30-15-9-14-28-27(24-10-5-3-6-11-24)20-21-31(34(28)30)35(32)33(29(26)19-17-22)25-12-7-4-8-13-25/h3-22H,1-2H3. The molecule has 1 unspecified atom stereocenters. The maximum atomic E-state index is 2.36. The van der Waals surface area contributed by atoms with Gasteiger partial charge in [0.05, 0.1) is 0 Å². The predicted molar refractivity (Wildman–Crippen MR) is 151 cm³/mol. The van der Waals surface area contributed by atoms with Gasteiger partial charge in [-0.15, -0.1) is 0 Å². The molecule has 0 aliphatic heterocycles. The third-order valence-corrected chi connectivity index (χ3v) is 7.70. The first kappa shape index (κ1) is 20.2. The van der Waals surface area contributed by atoms with Crippen LogP contribution in [0.4, 0.5) is 0 Å². The average molecular weight is 447 g/mol. The molecule has 0 fully saturated rings. The van der Waals surface area contributed by atoms with Gasteiger partial charge in [-0.1, -0.05) is 122 Å². The molecule has 2 aliphatic carbocycles. The molecule has 7 rings (SSSR count). The molecular formula is C35H26. The summed E-state index contributed by atoms with van der Waals surface area (Å²) < 4.78 is 0. The molecule has 5 aromatic rings. The predicted octanol–water partition coefficient (Wildman–Crippen LogP) is 9.81. The monoisotopic (exact) mass is 446 g/mol. The fraction of sp³-hybridized carbons (Fsp3) is 0.0857. The second kappa shape index (κ2) is 7.68. The highest BCUT2D eigenvalue weighted by Crippen LogP contribution is 2.56. The van der Waals surface area contributed by atoms with Gasteiger partial charge < -0.3 is 0 Å². The lowest BCUT2D eigenvalue weighted by molar-refractivity contribution is 0.954. The van der Waals surface area contributed by atoms with Crippen molar-refractivity contribution in [3.8, 4) is 44.5 Å². The Morgan fingerprint density at radius 1 is 0.514 bits per heavy atom. The number of hydrogen-bond donors (Lipinski definition) is 0. The van der Waals surface area contributed by atoms with Crippen molar-refractivity contribution in [3.63, 3.8) is 0 Å². The van der Waals surface area contributed by atoms with Crippen LogP contribution in [0.2, 0.25) is 0 Å². The molecule has 5 aromatic carbocycles. The summed E-state index contributed by atoms with van der Waals surface area (Å²) in [6.45, 7) is 4.56. The summed E-state index contributed by atoms with van der Waals surface area (Å²) in [6.07, 6.45) is 9.36. The molecule has 0 amide bonds. The van der Waals surface area contributed by atoms with E-state index in [0.717, 1.165) is 0 Å². The van der Waals surface area contributed by atoms with E-state index in [4.69, 9.17) is 0 Å². The summed E-state index contributed by atoms with van der Waals surface area (Å²) in [5, 5.41) is 2.71. The van der Waals surface area contributed by atoms with Crippen LogP contribution in [-0.2, 0) is 0 Å². The van der Waals surface area contributed by atoms with Gasteiger partial charge in [-0.3, -0.25) is 0 Å². The van der Waals surface area contributed by atoms with Crippen LogP contribution in [0.25, 0.3) is 67.4 Å². The first-order valence-corrected chi connectivity index (χ1v) is 12.5. The molecule has 2 aliphatic rings. The van der Waals surface area contributed by atoms with E-state index in [1.807, 2.05) is 0 Å². The van der Waals surface area contributed by atoms with Crippen molar-refractivity contribution in [1.82, 2.24) is 0 Å². The number of benzene rings is 5. The Hall–Kier alpha value is -4.16. The summed E-state index contributed by atoms with van der Waals surface area (Å²) >= 11 is 0. The largest absolute Gasteiger partial charge is 0.0773 e. The number of rotatable bonds is 2. The Morgan fingerprint density at radius 2 is 1.14 bits per heavy atom. The van der Waals surface area contributed by atoms with Crippen LogP contribution in [0.1, 0.15) is 23.6 Å². The highest BCUT2D eigenvalue weighted by atomic mass is 14.3. The zero-order valence-electron chi connectivity index (χ0n) is 20.0. The van der Waals surface area contributed by atoms with E-state index < -0.39 is 0 Å². The van der Waals surface area contributed by atoms with E-state index in [1.54, 1.807) is 0 Å². The summed E-state index contributed by atoms with van der Waals surface area (Å²) in [5.41, 5.74) is 14.7. The smallest absolute Gasteiger partial charge is 0.00110 e. The maximum absolute atomic E-state index is 2.36. The molecule has 166 valence electrons. The van der Waals surface area contributed by atoms with Gasteiger partial charge in [0.2, 0.25) is 0 Å². The lowest BCUT2D eigenvalue weighted by Crippen LogP contribution is -1.97. The van der Waals surface area contributed by atoms with Gasteiger partial charge >= 0.3 is 0 Å². The SMILES string of the molecule is Cc1c2c(c(-c3ccccc3)c3c1-c1cccc4c(-c5ccccc5)ccc-3c14)C=CC(C)C=C2. The summed E-state index contributed by atoms with van der Waals surface area (Å²) in [5.74, 6) is 0.421. The van der Waals surface area contributed by atoms with Gasteiger partial charge in [0.25, 0.3) is 0 Å². The molecule has 0 saturated carbocycles. The van der Waals surface area contributed by atoms with E-state index >= 15 is 0 Å². The molecule has 0 spiro atoms. The maximum Gasteiger partial charge on any atom is -0.00110 e. The molecular weight excluding hydrogens is 420 g/mol. The minimum atomic E-state index is 0.421. The Morgan fingerprint density at radius 3 is 1.89 bits per heavy atom. The second-order valence-electron chi connectivity index (χ2n) is 9.78. The first-order valence-electron chi connectivity index (χ1n) is 12.5. The molecule has 0 radical (unpaired) electrons. The van der Waals surface area contributed by atoms with E-state index in [1.165, 1.54) is 72.0 Å². The highest BCUT2D eigenvalue weighted by molar-refractivity contribution is 6.22. The third-order valence-electron chi connectivity index (χ3n) is 7.70. The van der Waals surface area contributed by atoms with E-state index in [2.05, 4.69) is 129 Å². The van der Waals surface area contributed by atoms with Crippen LogP contribution < -0.4 is 0 Å². The van der Waals surface area contributed by atoms with Gasteiger partial charge in [0.15, 0.2) is 0 Å². The first-order chi connectivity index (χ1) is 17.2. The average Bonchev–Trinajstić information content (AvgIpc) is 3.11. The number of fused-ring (bicyclic) bond motifs is 4. The molecule has 0 bridgehead atoms. The molecule has 1 atom stereocenters. The summed E-state index contributed by atoms with van der Waals surface area (Å²) in [6, 6.07) is 33.2.